The highest BCUT2D eigenvalue weighted by Gasteiger charge is 2.46. The molecule has 12 rings (SSSR count). The Labute approximate surface area is 364 Å². The van der Waals surface area contributed by atoms with Gasteiger partial charge in [-0.3, -0.25) is 0 Å². The molecular formula is C58H37N3S. The van der Waals surface area contributed by atoms with E-state index < -0.39 is 5.41 Å². The number of benzene rings is 9. The van der Waals surface area contributed by atoms with Crippen molar-refractivity contribution in [1.82, 2.24) is 15.0 Å². The smallest absolute Gasteiger partial charge is 0.164 e. The van der Waals surface area contributed by atoms with Crippen LogP contribution in [0, 0.1) is 0 Å². The number of thiophene rings is 1. The first-order valence-corrected chi connectivity index (χ1v) is 21.8. The van der Waals surface area contributed by atoms with E-state index in [1.165, 1.54) is 53.6 Å². The van der Waals surface area contributed by atoms with E-state index in [2.05, 4.69) is 212 Å². The van der Waals surface area contributed by atoms with Crippen molar-refractivity contribution in [2.75, 3.05) is 0 Å². The minimum absolute atomic E-state index is 0.477. The summed E-state index contributed by atoms with van der Waals surface area (Å²) in [5.41, 5.74) is 14.6. The number of rotatable bonds is 7. The zero-order valence-electron chi connectivity index (χ0n) is 33.6. The van der Waals surface area contributed by atoms with Crippen LogP contribution in [0.2, 0.25) is 0 Å². The van der Waals surface area contributed by atoms with Crippen LogP contribution in [0.4, 0.5) is 0 Å². The molecule has 0 N–H and O–H groups in total. The molecule has 0 bridgehead atoms. The molecule has 0 aliphatic heterocycles. The molecule has 2 aromatic heterocycles. The molecule has 62 heavy (non-hydrogen) atoms. The normalized spacial score (nSPS) is 12.6. The van der Waals surface area contributed by atoms with Gasteiger partial charge in [-0.2, -0.15) is 0 Å². The number of fused-ring (bicyclic) bond motifs is 6. The maximum atomic E-state index is 5.25. The van der Waals surface area contributed by atoms with Crippen molar-refractivity contribution >= 4 is 31.5 Å². The largest absolute Gasteiger partial charge is 0.208 e. The summed E-state index contributed by atoms with van der Waals surface area (Å²) in [5.74, 6) is 1.90. The summed E-state index contributed by atoms with van der Waals surface area (Å²) >= 11 is 1.83. The van der Waals surface area contributed by atoms with Crippen LogP contribution in [-0.2, 0) is 5.41 Å². The molecule has 0 atom stereocenters. The second kappa shape index (κ2) is 14.7. The van der Waals surface area contributed by atoms with E-state index in [1.807, 2.05) is 23.5 Å². The molecule has 290 valence electrons. The number of hydrogen-bond donors (Lipinski definition) is 0. The topological polar surface area (TPSA) is 38.7 Å². The summed E-state index contributed by atoms with van der Waals surface area (Å²) in [6, 6.07) is 80.6. The highest BCUT2D eigenvalue weighted by atomic mass is 32.1. The van der Waals surface area contributed by atoms with Gasteiger partial charge in [-0.05, 0) is 98.1 Å². The molecule has 0 spiro atoms. The molecule has 4 heteroatoms. The quantitative estimate of drug-likeness (QED) is 0.161. The van der Waals surface area contributed by atoms with Gasteiger partial charge in [0.25, 0.3) is 0 Å². The van der Waals surface area contributed by atoms with Crippen LogP contribution in [0.5, 0.6) is 0 Å². The van der Waals surface area contributed by atoms with E-state index in [-0.39, 0.29) is 0 Å². The lowest BCUT2D eigenvalue weighted by atomic mass is 9.67. The highest BCUT2D eigenvalue weighted by Crippen LogP contribution is 2.56. The van der Waals surface area contributed by atoms with E-state index in [4.69, 9.17) is 15.0 Å². The lowest BCUT2D eigenvalue weighted by Gasteiger charge is -2.34. The van der Waals surface area contributed by atoms with E-state index in [1.54, 1.807) is 0 Å². The predicted octanol–water partition coefficient (Wildman–Crippen LogP) is 14.9. The third-order valence-electron chi connectivity index (χ3n) is 12.4. The van der Waals surface area contributed by atoms with E-state index in [0.717, 1.165) is 38.9 Å². The zero-order chi connectivity index (χ0) is 41.0. The standard InChI is InChI=1S/C58H37N3S/c1-4-16-38(17-5-1)40-20-14-22-42(34-40)55-59-56(43-23-15-21-41(35-43)39-18-6-2-7-19-39)61-57(60-55)44-30-32-53-49(36-44)50-37-46(31-33-54(50)62-53)58(45-24-8-3-9-25-45)51-28-12-10-26-47(51)48-27-11-13-29-52(48)58/h1-37H. The molecular weight excluding hydrogens is 771 g/mol. The zero-order valence-corrected chi connectivity index (χ0v) is 34.4. The van der Waals surface area contributed by atoms with Gasteiger partial charge in [0.05, 0.1) is 5.41 Å². The van der Waals surface area contributed by atoms with Gasteiger partial charge < -0.3 is 0 Å². The molecule has 0 unspecified atom stereocenters. The van der Waals surface area contributed by atoms with Gasteiger partial charge in [0, 0.05) is 36.9 Å². The van der Waals surface area contributed by atoms with Crippen molar-refractivity contribution in [2.24, 2.45) is 0 Å². The van der Waals surface area contributed by atoms with Crippen molar-refractivity contribution in [3.8, 4) is 67.5 Å². The summed E-state index contributed by atoms with van der Waals surface area (Å²) in [7, 11) is 0. The van der Waals surface area contributed by atoms with Crippen LogP contribution in [0.25, 0.3) is 87.7 Å². The summed E-state index contributed by atoms with van der Waals surface area (Å²) in [5, 5.41) is 2.41. The van der Waals surface area contributed by atoms with Gasteiger partial charge in [-0.15, -0.1) is 11.3 Å². The average molecular weight is 808 g/mol. The second-order valence-electron chi connectivity index (χ2n) is 15.9. The van der Waals surface area contributed by atoms with Gasteiger partial charge in [-0.25, -0.2) is 15.0 Å². The minimum Gasteiger partial charge on any atom is -0.208 e. The molecule has 3 nitrogen and oxygen atoms in total. The van der Waals surface area contributed by atoms with Gasteiger partial charge in [0.15, 0.2) is 17.5 Å². The Balaban J connectivity index is 1.05. The Kier molecular flexibility index (Phi) is 8.58. The van der Waals surface area contributed by atoms with Gasteiger partial charge in [0.2, 0.25) is 0 Å². The second-order valence-corrected chi connectivity index (χ2v) is 17.0. The van der Waals surface area contributed by atoms with Crippen molar-refractivity contribution in [1.29, 1.82) is 0 Å². The summed E-state index contributed by atoms with van der Waals surface area (Å²) in [6.45, 7) is 0. The van der Waals surface area contributed by atoms with Gasteiger partial charge in [-0.1, -0.05) is 182 Å². The van der Waals surface area contributed by atoms with Crippen LogP contribution in [0.15, 0.2) is 224 Å². The fourth-order valence-electron chi connectivity index (χ4n) is 9.56. The highest BCUT2D eigenvalue weighted by molar-refractivity contribution is 7.25. The first-order valence-electron chi connectivity index (χ1n) is 21.0. The SMILES string of the molecule is c1ccc(-c2cccc(-c3nc(-c4cccc(-c5ccccc5)c4)nc(-c4ccc5sc6ccc(C7(c8ccccc8)c8ccccc8-c8ccccc87)cc6c5c4)n3)c2)cc1. The van der Waals surface area contributed by atoms with Crippen LogP contribution in [0.1, 0.15) is 22.3 Å². The molecule has 1 aliphatic rings. The molecule has 9 aromatic carbocycles. The fraction of sp³-hybridized carbons (Fsp3) is 0.0172. The van der Waals surface area contributed by atoms with E-state index in [9.17, 15) is 0 Å². The summed E-state index contributed by atoms with van der Waals surface area (Å²) in [6.07, 6.45) is 0. The Morgan fingerprint density at radius 1 is 0.290 bits per heavy atom. The molecule has 11 aromatic rings. The maximum Gasteiger partial charge on any atom is 0.164 e. The van der Waals surface area contributed by atoms with E-state index in [0.29, 0.717) is 17.5 Å². The Bertz CT molecular complexity index is 3320. The van der Waals surface area contributed by atoms with Crippen molar-refractivity contribution in [3.63, 3.8) is 0 Å². The molecule has 0 saturated heterocycles. The van der Waals surface area contributed by atoms with E-state index >= 15 is 0 Å². The predicted molar refractivity (Wildman–Crippen MR) is 257 cm³/mol. The van der Waals surface area contributed by atoms with Crippen LogP contribution in [0.3, 0.4) is 0 Å². The number of hydrogen-bond acceptors (Lipinski definition) is 4. The lowest BCUT2D eigenvalue weighted by molar-refractivity contribution is 0.770. The fourth-order valence-corrected chi connectivity index (χ4v) is 10.6. The van der Waals surface area contributed by atoms with Crippen LogP contribution < -0.4 is 0 Å². The monoisotopic (exact) mass is 807 g/mol. The molecule has 0 amide bonds. The average Bonchev–Trinajstić information content (AvgIpc) is 3.88. The Morgan fingerprint density at radius 3 is 1.26 bits per heavy atom. The van der Waals surface area contributed by atoms with Crippen molar-refractivity contribution < 1.29 is 0 Å². The van der Waals surface area contributed by atoms with Crippen molar-refractivity contribution in [3.05, 3.63) is 247 Å². The molecule has 2 heterocycles. The Hall–Kier alpha value is -7.79. The third-order valence-corrected chi connectivity index (χ3v) is 13.6. The molecule has 0 fully saturated rings. The number of aromatic nitrogens is 3. The van der Waals surface area contributed by atoms with Gasteiger partial charge >= 0.3 is 0 Å². The van der Waals surface area contributed by atoms with Crippen LogP contribution >= 0.6 is 11.3 Å². The first kappa shape index (κ1) is 36.1. The van der Waals surface area contributed by atoms with Crippen LogP contribution in [-0.4, -0.2) is 15.0 Å². The summed E-state index contributed by atoms with van der Waals surface area (Å²) in [4.78, 5) is 15.7. The minimum atomic E-state index is -0.477. The number of nitrogens with zero attached hydrogens (tertiary/aromatic N) is 3. The Morgan fingerprint density at radius 2 is 0.710 bits per heavy atom. The van der Waals surface area contributed by atoms with Gasteiger partial charge in [0.1, 0.15) is 0 Å². The molecule has 1 aliphatic carbocycles. The van der Waals surface area contributed by atoms with Crippen molar-refractivity contribution in [2.45, 2.75) is 5.41 Å². The summed E-state index contributed by atoms with van der Waals surface area (Å²) < 4.78 is 2.47. The maximum absolute atomic E-state index is 5.25. The first-order chi connectivity index (χ1) is 30.7. The lowest BCUT2D eigenvalue weighted by Crippen LogP contribution is -2.28. The third kappa shape index (κ3) is 5.91. The molecule has 0 saturated carbocycles. The molecule has 0 radical (unpaired) electrons.